The summed E-state index contributed by atoms with van der Waals surface area (Å²) >= 11 is 0. The molecular formula is C11H24N2O. The van der Waals surface area contributed by atoms with Crippen molar-refractivity contribution >= 4 is 0 Å². The lowest BCUT2D eigenvalue weighted by Gasteiger charge is -2.33. The second kappa shape index (κ2) is 6.38. The van der Waals surface area contributed by atoms with E-state index in [1.807, 2.05) is 0 Å². The van der Waals surface area contributed by atoms with E-state index >= 15 is 0 Å². The SMILES string of the molecule is CCOC1CCCN(CC(N)CC)C1. The standard InChI is InChI=1S/C11H24N2O/c1-3-10(12)8-13-7-5-6-11(9-13)14-4-2/h10-11H,3-9,12H2,1-2H3. The molecule has 0 aromatic heterocycles. The van der Waals surface area contributed by atoms with Gasteiger partial charge in [-0.2, -0.15) is 0 Å². The Morgan fingerprint density at radius 2 is 2.29 bits per heavy atom. The van der Waals surface area contributed by atoms with E-state index in [2.05, 4.69) is 18.7 Å². The third kappa shape index (κ3) is 3.95. The Balaban J connectivity index is 2.25. The predicted molar refractivity (Wildman–Crippen MR) is 59.4 cm³/mol. The fourth-order valence-corrected chi connectivity index (χ4v) is 2.01. The van der Waals surface area contributed by atoms with Crippen LogP contribution in [0.1, 0.15) is 33.1 Å². The van der Waals surface area contributed by atoms with Gasteiger partial charge in [-0.1, -0.05) is 6.92 Å². The van der Waals surface area contributed by atoms with Gasteiger partial charge in [0.05, 0.1) is 6.10 Å². The van der Waals surface area contributed by atoms with Crippen LogP contribution < -0.4 is 5.73 Å². The van der Waals surface area contributed by atoms with Crippen LogP contribution in [0.2, 0.25) is 0 Å². The van der Waals surface area contributed by atoms with Crippen molar-refractivity contribution in [3.8, 4) is 0 Å². The molecule has 2 unspecified atom stereocenters. The van der Waals surface area contributed by atoms with Gasteiger partial charge >= 0.3 is 0 Å². The summed E-state index contributed by atoms with van der Waals surface area (Å²) in [5, 5.41) is 0. The lowest BCUT2D eigenvalue weighted by atomic mass is 10.1. The zero-order valence-electron chi connectivity index (χ0n) is 9.54. The molecule has 0 aliphatic carbocycles. The van der Waals surface area contributed by atoms with Gasteiger partial charge in [-0.05, 0) is 32.7 Å². The highest BCUT2D eigenvalue weighted by Crippen LogP contribution is 2.13. The molecule has 1 fully saturated rings. The highest BCUT2D eigenvalue weighted by atomic mass is 16.5. The molecule has 1 aliphatic heterocycles. The van der Waals surface area contributed by atoms with E-state index in [1.54, 1.807) is 0 Å². The minimum absolute atomic E-state index is 0.329. The first-order valence-electron chi connectivity index (χ1n) is 5.85. The summed E-state index contributed by atoms with van der Waals surface area (Å²) in [4.78, 5) is 2.44. The van der Waals surface area contributed by atoms with Crippen LogP contribution in [-0.2, 0) is 4.74 Å². The molecule has 84 valence electrons. The molecule has 2 N–H and O–H groups in total. The quantitative estimate of drug-likeness (QED) is 0.725. The molecule has 1 heterocycles. The van der Waals surface area contributed by atoms with Crippen molar-refractivity contribution < 1.29 is 4.74 Å². The molecule has 1 saturated heterocycles. The second-order valence-corrected chi connectivity index (χ2v) is 4.15. The first-order chi connectivity index (χ1) is 6.76. The fraction of sp³-hybridized carbons (Fsp3) is 1.00. The van der Waals surface area contributed by atoms with Crippen LogP contribution in [0.3, 0.4) is 0 Å². The summed E-state index contributed by atoms with van der Waals surface area (Å²) < 4.78 is 5.65. The van der Waals surface area contributed by atoms with Crippen molar-refractivity contribution in [3.05, 3.63) is 0 Å². The zero-order valence-corrected chi connectivity index (χ0v) is 9.54. The van der Waals surface area contributed by atoms with Crippen LogP contribution in [0.15, 0.2) is 0 Å². The molecule has 0 amide bonds. The van der Waals surface area contributed by atoms with E-state index in [0.29, 0.717) is 12.1 Å². The average molecular weight is 200 g/mol. The van der Waals surface area contributed by atoms with Gasteiger partial charge in [0.25, 0.3) is 0 Å². The molecule has 0 aromatic carbocycles. The van der Waals surface area contributed by atoms with Gasteiger partial charge in [0.1, 0.15) is 0 Å². The zero-order chi connectivity index (χ0) is 10.4. The lowest BCUT2D eigenvalue weighted by Crippen LogP contribution is -2.45. The number of piperidine rings is 1. The lowest BCUT2D eigenvalue weighted by molar-refractivity contribution is 0.00448. The summed E-state index contributed by atoms with van der Waals surface area (Å²) in [5.74, 6) is 0. The molecular weight excluding hydrogens is 176 g/mol. The molecule has 3 nitrogen and oxygen atoms in total. The average Bonchev–Trinajstić information content (AvgIpc) is 2.19. The molecule has 0 aromatic rings. The van der Waals surface area contributed by atoms with Crippen LogP contribution in [0.25, 0.3) is 0 Å². The minimum Gasteiger partial charge on any atom is -0.377 e. The van der Waals surface area contributed by atoms with Gasteiger partial charge in [0, 0.05) is 25.7 Å². The van der Waals surface area contributed by atoms with Gasteiger partial charge in [-0.25, -0.2) is 0 Å². The van der Waals surface area contributed by atoms with Crippen molar-refractivity contribution in [1.29, 1.82) is 0 Å². The summed E-state index contributed by atoms with van der Waals surface area (Å²) in [6, 6.07) is 0.329. The van der Waals surface area contributed by atoms with E-state index in [9.17, 15) is 0 Å². The predicted octanol–water partition coefficient (Wildman–Crippen LogP) is 1.22. The monoisotopic (exact) mass is 200 g/mol. The molecule has 3 heteroatoms. The third-order valence-electron chi connectivity index (χ3n) is 2.88. The van der Waals surface area contributed by atoms with Crippen molar-refractivity contribution in [1.82, 2.24) is 4.90 Å². The Hall–Kier alpha value is -0.120. The van der Waals surface area contributed by atoms with Gasteiger partial charge < -0.3 is 10.5 Å². The number of likely N-dealkylation sites (tertiary alicyclic amines) is 1. The summed E-state index contributed by atoms with van der Waals surface area (Å²) in [7, 11) is 0. The molecule has 0 bridgehead atoms. The van der Waals surface area contributed by atoms with Crippen LogP contribution in [0, 0.1) is 0 Å². The van der Waals surface area contributed by atoms with Gasteiger partial charge in [0.2, 0.25) is 0 Å². The van der Waals surface area contributed by atoms with Crippen LogP contribution in [0.5, 0.6) is 0 Å². The molecule has 14 heavy (non-hydrogen) atoms. The number of nitrogens with two attached hydrogens (primary N) is 1. The van der Waals surface area contributed by atoms with Crippen molar-refractivity contribution in [3.63, 3.8) is 0 Å². The van der Waals surface area contributed by atoms with E-state index < -0.39 is 0 Å². The number of nitrogens with zero attached hydrogens (tertiary/aromatic N) is 1. The summed E-state index contributed by atoms with van der Waals surface area (Å²) in [5.41, 5.74) is 5.94. The van der Waals surface area contributed by atoms with Gasteiger partial charge in [-0.15, -0.1) is 0 Å². The second-order valence-electron chi connectivity index (χ2n) is 4.15. The number of hydrogen-bond acceptors (Lipinski definition) is 3. The number of hydrogen-bond donors (Lipinski definition) is 1. The minimum atomic E-state index is 0.329. The molecule has 0 spiro atoms. The van der Waals surface area contributed by atoms with Crippen molar-refractivity contribution in [2.24, 2.45) is 5.73 Å². The fourth-order valence-electron chi connectivity index (χ4n) is 2.01. The number of rotatable bonds is 5. The highest BCUT2D eigenvalue weighted by molar-refractivity contribution is 4.76. The maximum Gasteiger partial charge on any atom is 0.0702 e. The Morgan fingerprint density at radius 1 is 1.50 bits per heavy atom. The Kier molecular flexibility index (Phi) is 5.45. The first-order valence-corrected chi connectivity index (χ1v) is 5.85. The molecule has 1 aliphatic rings. The third-order valence-corrected chi connectivity index (χ3v) is 2.88. The smallest absolute Gasteiger partial charge is 0.0702 e. The Bertz CT molecular complexity index is 150. The van der Waals surface area contributed by atoms with E-state index in [1.165, 1.54) is 19.4 Å². The molecule has 2 atom stereocenters. The maximum absolute atomic E-state index is 5.94. The van der Waals surface area contributed by atoms with Crippen LogP contribution in [0.4, 0.5) is 0 Å². The molecule has 1 rings (SSSR count). The Labute approximate surface area is 87.6 Å². The first kappa shape index (κ1) is 12.0. The van der Waals surface area contributed by atoms with Crippen molar-refractivity contribution in [2.75, 3.05) is 26.2 Å². The summed E-state index contributed by atoms with van der Waals surface area (Å²) in [6.07, 6.45) is 3.97. The van der Waals surface area contributed by atoms with E-state index in [4.69, 9.17) is 10.5 Å². The molecule has 0 saturated carbocycles. The number of ether oxygens (including phenoxy) is 1. The van der Waals surface area contributed by atoms with Crippen LogP contribution >= 0.6 is 0 Å². The van der Waals surface area contributed by atoms with E-state index in [-0.39, 0.29) is 0 Å². The van der Waals surface area contributed by atoms with Gasteiger partial charge in [0.15, 0.2) is 0 Å². The van der Waals surface area contributed by atoms with Crippen LogP contribution in [-0.4, -0.2) is 43.3 Å². The largest absolute Gasteiger partial charge is 0.377 e. The van der Waals surface area contributed by atoms with E-state index in [0.717, 1.165) is 26.1 Å². The van der Waals surface area contributed by atoms with Gasteiger partial charge in [-0.3, -0.25) is 4.90 Å². The molecule has 0 radical (unpaired) electrons. The Morgan fingerprint density at radius 3 is 2.93 bits per heavy atom. The maximum atomic E-state index is 5.94. The topological polar surface area (TPSA) is 38.5 Å². The highest BCUT2D eigenvalue weighted by Gasteiger charge is 2.20. The normalized spacial score (nSPS) is 26.4. The van der Waals surface area contributed by atoms with Crippen molar-refractivity contribution in [2.45, 2.75) is 45.3 Å². The summed E-state index contributed by atoms with van der Waals surface area (Å²) in [6.45, 7) is 8.34.